The van der Waals surface area contributed by atoms with Crippen molar-refractivity contribution in [2.45, 2.75) is 16.2 Å². The Morgan fingerprint density at radius 2 is 1.47 bits per heavy atom. The van der Waals surface area contributed by atoms with Gasteiger partial charge < -0.3 is 4.42 Å². The molecule has 0 bridgehead atoms. The first-order valence-corrected chi connectivity index (χ1v) is 14.7. The number of aromatic nitrogens is 2. The Labute approximate surface area is 270 Å². The molecule has 12 heteroatoms. The summed E-state index contributed by atoms with van der Waals surface area (Å²) in [7, 11) is 0. The van der Waals surface area contributed by atoms with Crippen LogP contribution in [0.15, 0.2) is 135 Å². The number of halogens is 3. The van der Waals surface area contributed by atoms with Crippen LogP contribution in [0.3, 0.4) is 0 Å². The fourth-order valence-electron chi connectivity index (χ4n) is 4.73. The SMILES string of the molecule is N#Cc1c(N=Cc2ccc(Sc3nc(-c4ccccc4)cc(C(F)(F)F)n3)c([N+](=O)[O-])c2)oc(-c2ccccc2)c1-c1ccccc1. The number of aliphatic imine (C=N–C) groups is 1. The molecule has 0 spiro atoms. The minimum absolute atomic E-state index is 0.0112. The Morgan fingerprint density at radius 1 is 0.851 bits per heavy atom. The quantitative estimate of drug-likeness (QED) is 0.0698. The largest absolute Gasteiger partial charge is 0.436 e. The zero-order valence-electron chi connectivity index (χ0n) is 24.0. The topological polar surface area (TPSA) is 118 Å². The molecule has 230 valence electrons. The number of hydrogen-bond acceptors (Lipinski definition) is 8. The summed E-state index contributed by atoms with van der Waals surface area (Å²) in [5.74, 6) is 0.450. The first-order valence-electron chi connectivity index (χ1n) is 13.9. The summed E-state index contributed by atoms with van der Waals surface area (Å²) in [5.41, 5.74) is 1.41. The highest BCUT2D eigenvalue weighted by atomic mass is 32.2. The van der Waals surface area contributed by atoms with Gasteiger partial charge in [0.15, 0.2) is 5.16 Å². The van der Waals surface area contributed by atoms with Crippen molar-refractivity contribution in [1.82, 2.24) is 9.97 Å². The molecule has 0 fully saturated rings. The maximum atomic E-state index is 13.7. The number of furan rings is 1. The first kappa shape index (κ1) is 30.9. The van der Waals surface area contributed by atoms with E-state index in [1.807, 2.05) is 60.7 Å². The highest BCUT2D eigenvalue weighted by molar-refractivity contribution is 7.99. The van der Waals surface area contributed by atoms with Crippen LogP contribution >= 0.6 is 11.8 Å². The van der Waals surface area contributed by atoms with Crippen molar-refractivity contribution < 1.29 is 22.5 Å². The fraction of sp³-hybridized carbons (Fsp3) is 0.0286. The Balaban J connectivity index is 1.37. The number of nitriles is 1. The number of alkyl halides is 3. The van der Waals surface area contributed by atoms with Crippen LogP contribution in [-0.4, -0.2) is 21.1 Å². The van der Waals surface area contributed by atoms with Gasteiger partial charge in [-0.15, -0.1) is 0 Å². The number of benzene rings is 4. The Hall–Kier alpha value is -6.06. The predicted molar refractivity (Wildman–Crippen MR) is 171 cm³/mol. The van der Waals surface area contributed by atoms with E-state index in [1.165, 1.54) is 24.4 Å². The minimum atomic E-state index is -4.76. The molecule has 0 radical (unpaired) electrons. The van der Waals surface area contributed by atoms with E-state index in [0.717, 1.165) is 17.2 Å². The van der Waals surface area contributed by atoms with Gasteiger partial charge in [-0.25, -0.2) is 15.0 Å². The van der Waals surface area contributed by atoms with Crippen LogP contribution < -0.4 is 0 Å². The number of nitro benzene ring substituents is 1. The van der Waals surface area contributed by atoms with Crippen molar-refractivity contribution in [1.29, 1.82) is 5.26 Å². The van der Waals surface area contributed by atoms with E-state index >= 15 is 0 Å². The molecular weight excluding hydrogens is 627 g/mol. The van der Waals surface area contributed by atoms with Crippen molar-refractivity contribution in [3.8, 4) is 39.8 Å². The van der Waals surface area contributed by atoms with E-state index in [4.69, 9.17) is 4.42 Å². The molecule has 0 saturated carbocycles. The van der Waals surface area contributed by atoms with Gasteiger partial charge >= 0.3 is 6.18 Å². The van der Waals surface area contributed by atoms with Gasteiger partial charge in [-0.3, -0.25) is 10.1 Å². The van der Waals surface area contributed by atoms with Crippen molar-refractivity contribution in [2.75, 3.05) is 0 Å². The molecule has 8 nitrogen and oxygen atoms in total. The van der Waals surface area contributed by atoms with Crippen LogP contribution in [0.5, 0.6) is 0 Å². The van der Waals surface area contributed by atoms with Crippen LogP contribution in [0, 0.1) is 21.4 Å². The van der Waals surface area contributed by atoms with E-state index in [2.05, 4.69) is 21.0 Å². The monoisotopic (exact) mass is 647 g/mol. The smallest absolute Gasteiger partial charge is 0.433 e. The van der Waals surface area contributed by atoms with E-state index in [1.54, 1.807) is 30.3 Å². The third-order valence-corrected chi connectivity index (χ3v) is 7.81. The average molecular weight is 648 g/mol. The zero-order valence-corrected chi connectivity index (χ0v) is 24.9. The average Bonchev–Trinajstić information content (AvgIpc) is 3.47. The van der Waals surface area contributed by atoms with E-state index in [9.17, 15) is 28.5 Å². The lowest BCUT2D eigenvalue weighted by molar-refractivity contribution is -0.387. The van der Waals surface area contributed by atoms with Crippen molar-refractivity contribution in [3.63, 3.8) is 0 Å². The molecular formula is C35H20F3N5O3S. The number of hydrogen-bond donors (Lipinski definition) is 0. The fourth-order valence-corrected chi connectivity index (χ4v) is 5.59. The molecule has 0 saturated heterocycles. The van der Waals surface area contributed by atoms with Gasteiger partial charge in [-0.2, -0.15) is 18.4 Å². The van der Waals surface area contributed by atoms with Gasteiger partial charge in [0, 0.05) is 29.0 Å². The molecule has 4 aromatic carbocycles. The van der Waals surface area contributed by atoms with E-state index in [0.29, 0.717) is 34.2 Å². The van der Waals surface area contributed by atoms with Crippen molar-refractivity contribution in [3.05, 3.63) is 142 Å². The normalized spacial score (nSPS) is 11.4. The number of nitro groups is 1. The maximum absolute atomic E-state index is 13.7. The van der Waals surface area contributed by atoms with Crippen LogP contribution in [0.4, 0.5) is 24.7 Å². The van der Waals surface area contributed by atoms with Crippen LogP contribution in [-0.2, 0) is 6.18 Å². The second-order valence-electron chi connectivity index (χ2n) is 9.96. The molecule has 0 amide bonds. The molecule has 0 unspecified atom stereocenters. The zero-order chi connectivity index (χ0) is 33.0. The highest BCUT2D eigenvalue weighted by Crippen LogP contribution is 2.43. The molecule has 6 rings (SSSR count). The maximum Gasteiger partial charge on any atom is 0.433 e. The molecule has 47 heavy (non-hydrogen) atoms. The van der Waals surface area contributed by atoms with Gasteiger partial charge in [0.1, 0.15) is 23.1 Å². The van der Waals surface area contributed by atoms with Crippen LogP contribution in [0.2, 0.25) is 0 Å². The third-order valence-electron chi connectivity index (χ3n) is 6.88. The molecule has 2 heterocycles. The second kappa shape index (κ2) is 13.1. The molecule has 0 aliphatic rings. The van der Waals surface area contributed by atoms with Crippen molar-refractivity contribution >= 4 is 29.5 Å². The lowest BCUT2D eigenvalue weighted by Gasteiger charge is -2.11. The van der Waals surface area contributed by atoms with Gasteiger partial charge in [0.2, 0.25) is 5.88 Å². The molecule has 0 N–H and O–H groups in total. The van der Waals surface area contributed by atoms with E-state index < -0.39 is 22.5 Å². The highest BCUT2D eigenvalue weighted by Gasteiger charge is 2.34. The lowest BCUT2D eigenvalue weighted by atomic mass is 9.98. The van der Waals surface area contributed by atoms with Crippen molar-refractivity contribution in [2.24, 2.45) is 4.99 Å². The Bertz CT molecular complexity index is 2150. The lowest BCUT2D eigenvalue weighted by Crippen LogP contribution is -2.10. The predicted octanol–water partition coefficient (Wildman–Crippen LogP) is 9.77. The summed E-state index contributed by atoms with van der Waals surface area (Å²) in [6.07, 6.45) is -3.44. The molecule has 0 aliphatic heterocycles. The van der Waals surface area contributed by atoms with Gasteiger partial charge in [0.05, 0.1) is 15.5 Å². The third kappa shape index (κ3) is 6.80. The van der Waals surface area contributed by atoms with Gasteiger partial charge in [0.25, 0.3) is 5.69 Å². The second-order valence-corrected chi connectivity index (χ2v) is 11.0. The summed E-state index contributed by atoms with van der Waals surface area (Å²) >= 11 is 0.641. The summed E-state index contributed by atoms with van der Waals surface area (Å²) in [5, 5.41) is 21.9. The number of rotatable bonds is 8. The summed E-state index contributed by atoms with van der Waals surface area (Å²) < 4.78 is 47.2. The molecule has 6 aromatic rings. The minimum Gasteiger partial charge on any atom is -0.436 e. The Kier molecular flexibility index (Phi) is 8.64. The summed E-state index contributed by atoms with van der Waals surface area (Å²) in [4.78, 5) is 23.7. The summed E-state index contributed by atoms with van der Waals surface area (Å²) in [6, 6.07) is 33.8. The van der Waals surface area contributed by atoms with Crippen LogP contribution in [0.25, 0.3) is 33.7 Å². The Morgan fingerprint density at radius 3 is 2.06 bits per heavy atom. The first-order chi connectivity index (χ1) is 22.7. The molecule has 2 aromatic heterocycles. The summed E-state index contributed by atoms with van der Waals surface area (Å²) in [6.45, 7) is 0. The standard InChI is InChI=1S/C35H20F3N5O3S/c36-35(37,38)30-19-27(23-10-4-1-5-11-23)41-34(42-30)47-29-17-16-22(18-28(29)43(44)45)21-40-33-26(20-39)31(24-12-6-2-7-13-24)32(46-33)25-14-8-3-9-15-25/h1-19,21H. The van der Waals surface area contributed by atoms with E-state index in [-0.39, 0.29) is 27.2 Å². The number of nitrogens with zero attached hydrogens (tertiary/aromatic N) is 5. The van der Waals surface area contributed by atoms with Gasteiger partial charge in [-0.05, 0) is 35.0 Å². The molecule has 0 atom stereocenters. The van der Waals surface area contributed by atoms with Gasteiger partial charge in [-0.1, -0.05) is 97.1 Å². The van der Waals surface area contributed by atoms with Crippen LogP contribution in [0.1, 0.15) is 16.8 Å². The molecule has 0 aliphatic carbocycles.